The Hall–Kier alpha value is -2.75. The van der Waals surface area contributed by atoms with Crippen LogP contribution >= 0.6 is 0 Å². The molecule has 3 aromatic rings. The molecule has 0 N–H and O–H groups in total. The summed E-state index contributed by atoms with van der Waals surface area (Å²) in [6, 6.07) is 14.9. The summed E-state index contributed by atoms with van der Waals surface area (Å²) in [7, 11) is 3.50. The number of fused-ring (bicyclic) bond motifs is 1. The molecule has 0 saturated heterocycles. The van der Waals surface area contributed by atoms with Crippen molar-refractivity contribution in [1.82, 2.24) is 4.57 Å². The number of aryl methyl sites for hydroxylation is 2. The standard InChI is InChI=1S/C24H27NO3/c1-25-15-14-20-19(8-5-9-22(20)25)21-16-17(11-13-24(26)27-2)10-12-23(21)28-18-6-3-4-7-18/h5,8-10,12,14-16,18H,3-4,6-7,11,13H2,1-2H3. The van der Waals surface area contributed by atoms with Crippen LogP contribution in [-0.4, -0.2) is 23.8 Å². The molecule has 0 amide bonds. The van der Waals surface area contributed by atoms with Gasteiger partial charge in [0.2, 0.25) is 0 Å². The fraction of sp³-hybridized carbons (Fsp3) is 0.375. The molecular formula is C24H27NO3. The largest absolute Gasteiger partial charge is 0.490 e. The zero-order valence-corrected chi connectivity index (χ0v) is 16.6. The van der Waals surface area contributed by atoms with Gasteiger partial charge >= 0.3 is 5.97 Å². The van der Waals surface area contributed by atoms with Crippen LogP contribution in [0.2, 0.25) is 0 Å². The summed E-state index contributed by atoms with van der Waals surface area (Å²) in [6.07, 6.45) is 8.17. The van der Waals surface area contributed by atoms with Gasteiger partial charge in [-0.25, -0.2) is 0 Å². The third-order valence-electron chi connectivity index (χ3n) is 5.70. The lowest BCUT2D eigenvalue weighted by Crippen LogP contribution is -2.11. The number of esters is 1. The fourth-order valence-corrected chi connectivity index (χ4v) is 4.12. The molecule has 2 aromatic carbocycles. The summed E-state index contributed by atoms with van der Waals surface area (Å²) in [6.45, 7) is 0. The average Bonchev–Trinajstić information content (AvgIpc) is 3.37. The third-order valence-corrected chi connectivity index (χ3v) is 5.70. The van der Waals surface area contributed by atoms with Crippen LogP contribution in [0, 0.1) is 0 Å². The van der Waals surface area contributed by atoms with Gasteiger partial charge in [0.1, 0.15) is 5.75 Å². The van der Waals surface area contributed by atoms with Crippen molar-refractivity contribution in [2.24, 2.45) is 7.05 Å². The maximum Gasteiger partial charge on any atom is 0.305 e. The maximum atomic E-state index is 11.6. The third kappa shape index (κ3) is 3.77. The Morgan fingerprint density at radius 2 is 1.93 bits per heavy atom. The van der Waals surface area contributed by atoms with Crippen molar-refractivity contribution < 1.29 is 14.3 Å². The number of nitrogens with zero attached hydrogens (tertiary/aromatic N) is 1. The molecule has 1 heterocycles. The quantitative estimate of drug-likeness (QED) is 0.549. The molecule has 4 heteroatoms. The molecule has 1 saturated carbocycles. The highest BCUT2D eigenvalue weighted by Crippen LogP contribution is 2.38. The van der Waals surface area contributed by atoms with E-state index < -0.39 is 0 Å². The van der Waals surface area contributed by atoms with Crippen molar-refractivity contribution in [1.29, 1.82) is 0 Å². The summed E-state index contributed by atoms with van der Waals surface area (Å²) < 4.78 is 13.3. The molecule has 1 fully saturated rings. The lowest BCUT2D eigenvalue weighted by atomic mass is 9.97. The summed E-state index contributed by atoms with van der Waals surface area (Å²) in [5.41, 5.74) is 4.59. The zero-order chi connectivity index (χ0) is 19.5. The minimum Gasteiger partial charge on any atom is -0.490 e. The van der Waals surface area contributed by atoms with Crippen LogP contribution in [0.3, 0.4) is 0 Å². The molecule has 146 valence electrons. The highest BCUT2D eigenvalue weighted by atomic mass is 16.5. The number of hydrogen-bond acceptors (Lipinski definition) is 3. The molecule has 4 rings (SSSR count). The average molecular weight is 377 g/mol. The molecule has 0 aliphatic heterocycles. The highest BCUT2D eigenvalue weighted by Gasteiger charge is 2.20. The minimum absolute atomic E-state index is 0.182. The van der Waals surface area contributed by atoms with Crippen molar-refractivity contribution in [3.63, 3.8) is 0 Å². The van der Waals surface area contributed by atoms with Crippen molar-refractivity contribution in [2.45, 2.75) is 44.6 Å². The molecule has 0 radical (unpaired) electrons. The van der Waals surface area contributed by atoms with Crippen molar-refractivity contribution in [3.8, 4) is 16.9 Å². The number of ether oxygens (including phenoxy) is 2. The van der Waals surface area contributed by atoms with E-state index in [1.165, 1.54) is 36.4 Å². The Kier molecular flexibility index (Phi) is 5.38. The van der Waals surface area contributed by atoms with Crippen LogP contribution in [-0.2, 0) is 23.0 Å². The summed E-state index contributed by atoms with van der Waals surface area (Å²) >= 11 is 0. The van der Waals surface area contributed by atoms with Crippen LogP contribution < -0.4 is 4.74 Å². The van der Waals surface area contributed by atoms with Gasteiger partial charge in [-0.05, 0) is 67.5 Å². The van der Waals surface area contributed by atoms with Crippen molar-refractivity contribution in [3.05, 3.63) is 54.2 Å². The van der Waals surface area contributed by atoms with Gasteiger partial charge in [0.15, 0.2) is 0 Å². The molecular weight excluding hydrogens is 350 g/mol. The summed E-state index contributed by atoms with van der Waals surface area (Å²) in [5.74, 6) is 0.753. The first kappa shape index (κ1) is 18.6. The molecule has 4 nitrogen and oxygen atoms in total. The summed E-state index contributed by atoms with van der Waals surface area (Å²) in [4.78, 5) is 11.6. The molecule has 0 atom stereocenters. The van der Waals surface area contributed by atoms with E-state index in [1.54, 1.807) is 0 Å². The number of benzene rings is 2. The van der Waals surface area contributed by atoms with E-state index in [0.29, 0.717) is 18.9 Å². The van der Waals surface area contributed by atoms with Gasteiger partial charge in [0.25, 0.3) is 0 Å². The van der Waals surface area contributed by atoms with Gasteiger partial charge in [0, 0.05) is 36.1 Å². The molecule has 1 aliphatic carbocycles. The Morgan fingerprint density at radius 1 is 1.11 bits per heavy atom. The maximum absolute atomic E-state index is 11.6. The molecule has 0 spiro atoms. The monoisotopic (exact) mass is 377 g/mol. The van der Waals surface area contributed by atoms with E-state index in [2.05, 4.69) is 60.3 Å². The first-order valence-electron chi connectivity index (χ1n) is 10.1. The SMILES string of the molecule is COC(=O)CCc1ccc(OC2CCCC2)c(-c2cccc3c2ccn3C)c1. The van der Waals surface area contributed by atoms with Gasteiger partial charge in [-0.2, -0.15) is 0 Å². The second kappa shape index (κ2) is 8.09. The number of rotatable bonds is 6. The van der Waals surface area contributed by atoms with Gasteiger partial charge in [-0.3, -0.25) is 4.79 Å². The molecule has 0 unspecified atom stereocenters. The van der Waals surface area contributed by atoms with Crippen LogP contribution in [0.1, 0.15) is 37.7 Å². The van der Waals surface area contributed by atoms with Crippen LogP contribution in [0.5, 0.6) is 5.75 Å². The predicted molar refractivity (Wildman–Crippen MR) is 112 cm³/mol. The minimum atomic E-state index is -0.182. The van der Waals surface area contributed by atoms with Crippen LogP contribution in [0.4, 0.5) is 0 Å². The van der Waals surface area contributed by atoms with Gasteiger partial charge in [-0.1, -0.05) is 18.2 Å². The van der Waals surface area contributed by atoms with E-state index in [-0.39, 0.29) is 5.97 Å². The zero-order valence-electron chi connectivity index (χ0n) is 16.6. The fourth-order valence-electron chi connectivity index (χ4n) is 4.12. The topological polar surface area (TPSA) is 40.5 Å². The van der Waals surface area contributed by atoms with E-state index in [9.17, 15) is 4.79 Å². The van der Waals surface area contributed by atoms with Gasteiger partial charge < -0.3 is 14.0 Å². The van der Waals surface area contributed by atoms with Gasteiger partial charge in [-0.15, -0.1) is 0 Å². The number of methoxy groups -OCH3 is 1. The number of aromatic nitrogens is 1. The number of hydrogen-bond donors (Lipinski definition) is 0. The second-order valence-corrected chi connectivity index (χ2v) is 7.60. The van der Waals surface area contributed by atoms with E-state index in [4.69, 9.17) is 9.47 Å². The normalized spacial score (nSPS) is 14.5. The smallest absolute Gasteiger partial charge is 0.305 e. The lowest BCUT2D eigenvalue weighted by molar-refractivity contribution is -0.140. The van der Waals surface area contributed by atoms with Crippen molar-refractivity contribution in [2.75, 3.05) is 7.11 Å². The van der Waals surface area contributed by atoms with Gasteiger partial charge in [0.05, 0.1) is 13.2 Å². The molecule has 28 heavy (non-hydrogen) atoms. The number of carbonyl (C=O) groups is 1. The highest BCUT2D eigenvalue weighted by molar-refractivity contribution is 5.97. The van der Waals surface area contributed by atoms with E-state index in [1.807, 2.05) is 0 Å². The Labute approximate surface area is 166 Å². The predicted octanol–water partition coefficient (Wildman–Crippen LogP) is 5.27. The summed E-state index contributed by atoms with van der Waals surface area (Å²) in [5, 5.41) is 1.21. The molecule has 1 aromatic heterocycles. The van der Waals surface area contributed by atoms with Crippen LogP contribution in [0.25, 0.3) is 22.0 Å². The lowest BCUT2D eigenvalue weighted by Gasteiger charge is -2.18. The van der Waals surface area contributed by atoms with E-state index >= 15 is 0 Å². The first-order valence-corrected chi connectivity index (χ1v) is 10.1. The Balaban J connectivity index is 1.75. The van der Waals surface area contributed by atoms with Crippen LogP contribution in [0.15, 0.2) is 48.7 Å². The van der Waals surface area contributed by atoms with E-state index in [0.717, 1.165) is 29.7 Å². The Bertz CT molecular complexity index is 983. The Morgan fingerprint density at radius 3 is 2.71 bits per heavy atom. The molecule has 1 aliphatic rings. The molecule has 0 bridgehead atoms. The first-order chi connectivity index (χ1) is 13.7. The number of carbonyl (C=O) groups excluding carboxylic acids is 1. The van der Waals surface area contributed by atoms with Crippen molar-refractivity contribution >= 4 is 16.9 Å². The second-order valence-electron chi connectivity index (χ2n) is 7.60.